The van der Waals surface area contributed by atoms with Crippen LogP contribution in [0.25, 0.3) is 0 Å². The van der Waals surface area contributed by atoms with Crippen LogP contribution < -0.4 is 0 Å². The molecule has 0 atom stereocenters. The molecule has 0 radical (unpaired) electrons. The lowest BCUT2D eigenvalue weighted by Crippen LogP contribution is -2.16. The summed E-state index contributed by atoms with van der Waals surface area (Å²) in [7, 11) is -1.26. The Labute approximate surface area is 88.2 Å². The first kappa shape index (κ1) is 11.6. The van der Waals surface area contributed by atoms with Crippen LogP contribution in [0.2, 0.25) is 19.6 Å². The van der Waals surface area contributed by atoms with Crippen LogP contribution in [0.3, 0.4) is 0 Å². The van der Waals surface area contributed by atoms with E-state index in [1.54, 1.807) is 0 Å². The monoisotopic (exact) mass is 208 g/mol. The smallest absolute Gasteiger partial charge is 0.129 e. The molecule has 0 aromatic heterocycles. The minimum Gasteiger partial charge on any atom is -0.392 e. The minimum atomic E-state index is -1.26. The number of hydrogen-bond donors (Lipinski definition) is 1. The van der Waals surface area contributed by atoms with Gasteiger partial charge >= 0.3 is 0 Å². The number of allylic oxidation sites excluding steroid dienone is 1. The molecule has 1 N–H and O–H groups in total. The van der Waals surface area contributed by atoms with Crippen LogP contribution in [0.15, 0.2) is 11.1 Å². The molecule has 14 heavy (non-hydrogen) atoms. The molecule has 1 nitrogen and oxygen atoms in total. The van der Waals surface area contributed by atoms with E-state index in [-0.39, 0.29) is 6.61 Å². The van der Waals surface area contributed by atoms with E-state index in [1.165, 1.54) is 24.0 Å². The maximum Gasteiger partial charge on any atom is 0.129 e. The summed E-state index contributed by atoms with van der Waals surface area (Å²) in [6.45, 7) is 6.96. The van der Waals surface area contributed by atoms with Gasteiger partial charge in [-0.05, 0) is 31.3 Å². The van der Waals surface area contributed by atoms with Gasteiger partial charge in [-0.2, -0.15) is 0 Å². The maximum absolute atomic E-state index is 9.18. The fourth-order valence-corrected chi connectivity index (χ4v) is 2.08. The van der Waals surface area contributed by atoms with Crippen molar-refractivity contribution in [1.29, 1.82) is 0 Å². The van der Waals surface area contributed by atoms with Crippen molar-refractivity contribution in [3.63, 3.8) is 0 Å². The molecule has 0 saturated carbocycles. The van der Waals surface area contributed by atoms with Crippen LogP contribution in [0.5, 0.6) is 0 Å². The standard InChI is InChI=1S/C12H20OSi/c1-14(2,3)9-8-11-6-4-5-7-12(11)10-13/h13H,4-7,10H2,1-3H3. The van der Waals surface area contributed by atoms with Crippen molar-refractivity contribution in [2.75, 3.05) is 6.61 Å². The molecule has 78 valence electrons. The van der Waals surface area contributed by atoms with E-state index < -0.39 is 8.07 Å². The maximum atomic E-state index is 9.18. The molecule has 0 heterocycles. The van der Waals surface area contributed by atoms with E-state index in [1.807, 2.05) is 0 Å². The zero-order valence-electron chi connectivity index (χ0n) is 9.48. The second kappa shape index (κ2) is 4.81. The first-order valence-corrected chi connectivity index (χ1v) is 8.88. The predicted octanol–water partition coefficient (Wildman–Crippen LogP) is 2.73. The van der Waals surface area contributed by atoms with E-state index in [4.69, 9.17) is 0 Å². The van der Waals surface area contributed by atoms with Gasteiger partial charge in [0.2, 0.25) is 0 Å². The molecule has 0 saturated heterocycles. The zero-order valence-corrected chi connectivity index (χ0v) is 10.5. The Morgan fingerprint density at radius 3 is 2.43 bits per heavy atom. The van der Waals surface area contributed by atoms with E-state index in [0.717, 1.165) is 12.8 Å². The number of aliphatic hydroxyl groups excluding tert-OH is 1. The van der Waals surface area contributed by atoms with Crippen molar-refractivity contribution in [2.45, 2.75) is 45.3 Å². The van der Waals surface area contributed by atoms with Crippen molar-refractivity contribution in [1.82, 2.24) is 0 Å². The van der Waals surface area contributed by atoms with Crippen molar-refractivity contribution in [3.8, 4) is 11.5 Å². The Bertz CT molecular complexity index is 286. The predicted molar refractivity (Wildman–Crippen MR) is 63.7 cm³/mol. The van der Waals surface area contributed by atoms with Crippen LogP contribution in [0.4, 0.5) is 0 Å². The number of aliphatic hydroxyl groups is 1. The molecule has 2 heteroatoms. The summed E-state index contributed by atoms with van der Waals surface area (Å²) < 4.78 is 0. The highest BCUT2D eigenvalue weighted by Gasteiger charge is 2.12. The molecule has 0 fully saturated rings. The third-order valence-electron chi connectivity index (χ3n) is 2.36. The highest BCUT2D eigenvalue weighted by molar-refractivity contribution is 6.83. The van der Waals surface area contributed by atoms with Crippen LogP contribution in [-0.4, -0.2) is 19.8 Å². The van der Waals surface area contributed by atoms with Crippen LogP contribution in [0, 0.1) is 11.5 Å². The molecular formula is C12H20OSi. The number of hydrogen-bond acceptors (Lipinski definition) is 1. The summed E-state index contributed by atoms with van der Waals surface area (Å²) in [5.41, 5.74) is 5.78. The van der Waals surface area contributed by atoms with Gasteiger partial charge in [-0.3, -0.25) is 0 Å². The molecule has 0 aliphatic heterocycles. The van der Waals surface area contributed by atoms with Crippen LogP contribution >= 0.6 is 0 Å². The van der Waals surface area contributed by atoms with E-state index in [2.05, 4.69) is 31.1 Å². The Morgan fingerprint density at radius 2 is 1.86 bits per heavy atom. The molecule has 1 aliphatic rings. The summed E-state index contributed by atoms with van der Waals surface area (Å²) in [5, 5.41) is 9.18. The first-order valence-electron chi connectivity index (χ1n) is 5.38. The summed E-state index contributed by atoms with van der Waals surface area (Å²) in [4.78, 5) is 0. The highest BCUT2D eigenvalue weighted by atomic mass is 28.3. The lowest BCUT2D eigenvalue weighted by atomic mass is 9.93. The van der Waals surface area contributed by atoms with Gasteiger partial charge in [0.05, 0.1) is 6.61 Å². The minimum absolute atomic E-state index is 0.204. The third kappa shape index (κ3) is 3.69. The van der Waals surface area contributed by atoms with Crippen molar-refractivity contribution >= 4 is 8.07 Å². The van der Waals surface area contributed by atoms with E-state index >= 15 is 0 Å². The van der Waals surface area contributed by atoms with E-state index in [9.17, 15) is 5.11 Å². The largest absolute Gasteiger partial charge is 0.392 e. The molecule has 0 aromatic rings. The molecule has 1 aliphatic carbocycles. The summed E-state index contributed by atoms with van der Waals surface area (Å²) in [6, 6.07) is 0. The summed E-state index contributed by atoms with van der Waals surface area (Å²) >= 11 is 0. The average Bonchev–Trinajstić information content (AvgIpc) is 2.14. The SMILES string of the molecule is C[Si](C)(C)C#CC1=C(CO)CCCC1. The summed E-state index contributed by atoms with van der Waals surface area (Å²) in [6.07, 6.45) is 4.58. The fraction of sp³-hybridized carbons (Fsp3) is 0.667. The van der Waals surface area contributed by atoms with E-state index in [0.29, 0.717) is 0 Å². The Hall–Kier alpha value is -0.523. The second-order valence-electron chi connectivity index (χ2n) is 4.95. The van der Waals surface area contributed by atoms with Gasteiger partial charge in [-0.1, -0.05) is 25.6 Å². The third-order valence-corrected chi connectivity index (χ3v) is 3.24. The quantitative estimate of drug-likeness (QED) is 0.519. The topological polar surface area (TPSA) is 20.2 Å². The van der Waals surface area contributed by atoms with Gasteiger partial charge in [0.25, 0.3) is 0 Å². The molecule has 0 aromatic carbocycles. The van der Waals surface area contributed by atoms with Crippen molar-refractivity contribution < 1.29 is 5.11 Å². The van der Waals surface area contributed by atoms with Crippen molar-refractivity contribution in [3.05, 3.63) is 11.1 Å². The average molecular weight is 208 g/mol. The lowest BCUT2D eigenvalue weighted by molar-refractivity contribution is 0.321. The fourth-order valence-electron chi connectivity index (χ4n) is 1.56. The van der Waals surface area contributed by atoms with Crippen LogP contribution in [-0.2, 0) is 0 Å². The highest BCUT2D eigenvalue weighted by Crippen LogP contribution is 2.23. The normalized spacial score (nSPS) is 17.7. The van der Waals surface area contributed by atoms with Crippen LogP contribution in [0.1, 0.15) is 25.7 Å². The zero-order chi connectivity index (χ0) is 10.6. The van der Waals surface area contributed by atoms with Gasteiger partial charge < -0.3 is 5.11 Å². The Morgan fingerprint density at radius 1 is 1.21 bits per heavy atom. The molecule has 0 amide bonds. The Kier molecular flexibility index (Phi) is 3.97. The molecular weight excluding hydrogens is 188 g/mol. The molecule has 1 rings (SSSR count). The van der Waals surface area contributed by atoms with Crippen molar-refractivity contribution in [2.24, 2.45) is 0 Å². The summed E-state index contributed by atoms with van der Waals surface area (Å²) in [5.74, 6) is 3.29. The Balaban J connectivity index is 2.82. The van der Waals surface area contributed by atoms with Gasteiger partial charge in [0.15, 0.2) is 0 Å². The lowest BCUT2D eigenvalue weighted by Gasteiger charge is -2.15. The first-order chi connectivity index (χ1) is 6.53. The van der Waals surface area contributed by atoms with Gasteiger partial charge in [0, 0.05) is 5.57 Å². The van der Waals surface area contributed by atoms with Gasteiger partial charge in [-0.25, -0.2) is 0 Å². The van der Waals surface area contributed by atoms with Gasteiger partial charge in [-0.15, -0.1) is 5.54 Å². The second-order valence-corrected chi connectivity index (χ2v) is 9.70. The molecule has 0 spiro atoms. The molecule has 0 bridgehead atoms. The molecule has 0 unspecified atom stereocenters. The number of rotatable bonds is 1. The van der Waals surface area contributed by atoms with Gasteiger partial charge in [0.1, 0.15) is 8.07 Å².